The normalized spacial score (nSPS) is 10.2. The Hall–Kier alpha value is -0.550. The lowest BCUT2D eigenvalue weighted by molar-refractivity contribution is -0.136. The van der Waals surface area contributed by atoms with E-state index in [9.17, 15) is 4.79 Å². The summed E-state index contributed by atoms with van der Waals surface area (Å²) >= 11 is 3.20. The van der Waals surface area contributed by atoms with E-state index < -0.39 is 5.97 Å². The first-order valence-electron chi connectivity index (χ1n) is 4.01. The Kier molecular flexibility index (Phi) is 4.24. The Morgan fingerprint density at radius 2 is 2.54 bits per heavy atom. The highest BCUT2D eigenvalue weighted by Crippen LogP contribution is 2.23. The van der Waals surface area contributed by atoms with Crippen LogP contribution in [-0.4, -0.2) is 21.8 Å². The van der Waals surface area contributed by atoms with Gasteiger partial charge in [-0.3, -0.25) is 4.79 Å². The predicted octanol–water partition coefficient (Wildman–Crippen LogP) is 2.27. The van der Waals surface area contributed by atoms with Crippen LogP contribution in [0.1, 0.15) is 19.0 Å². The van der Waals surface area contributed by atoms with Crippen molar-refractivity contribution >= 4 is 29.1 Å². The molecule has 0 atom stereocenters. The zero-order chi connectivity index (χ0) is 9.68. The molecule has 0 aliphatic carbocycles. The Balaban J connectivity index is 2.48. The molecule has 0 aromatic carbocycles. The highest BCUT2D eigenvalue weighted by atomic mass is 32.2. The van der Waals surface area contributed by atoms with Gasteiger partial charge in [0.05, 0.1) is 12.1 Å². The summed E-state index contributed by atoms with van der Waals surface area (Å²) in [5.41, 5.74) is 0.663. The van der Waals surface area contributed by atoms with Crippen molar-refractivity contribution in [3.8, 4) is 0 Å². The molecule has 0 saturated carbocycles. The predicted molar refractivity (Wildman–Crippen MR) is 54.5 cm³/mol. The second-order valence-corrected chi connectivity index (χ2v) is 4.72. The van der Waals surface area contributed by atoms with Crippen LogP contribution in [0.25, 0.3) is 0 Å². The van der Waals surface area contributed by atoms with Crippen molar-refractivity contribution in [3.05, 3.63) is 11.1 Å². The Bertz CT molecular complexity index is 285. The second-order valence-electron chi connectivity index (χ2n) is 2.52. The van der Waals surface area contributed by atoms with Crippen molar-refractivity contribution in [2.24, 2.45) is 0 Å². The number of thioether (sulfide) groups is 1. The fourth-order valence-corrected chi connectivity index (χ4v) is 2.55. The molecule has 72 valence electrons. The van der Waals surface area contributed by atoms with Gasteiger partial charge in [-0.1, -0.05) is 18.7 Å². The molecule has 0 fully saturated rings. The summed E-state index contributed by atoms with van der Waals surface area (Å²) in [7, 11) is 0. The Morgan fingerprint density at radius 3 is 3.15 bits per heavy atom. The first kappa shape index (κ1) is 10.5. The lowest BCUT2D eigenvalue weighted by Crippen LogP contribution is -1.99. The van der Waals surface area contributed by atoms with Crippen LogP contribution in [-0.2, 0) is 11.2 Å². The quantitative estimate of drug-likeness (QED) is 0.769. The lowest BCUT2D eigenvalue weighted by atomic mass is 10.3. The maximum atomic E-state index is 10.3. The van der Waals surface area contributed by atoms with E-state index in [0.717, 1.165) is 16.5 Å². The van der Waals surface area contributed by atoms with Gasteiger partial charge >= 0.3 is 5.97 Å². The van der Waals surface area contributed by atoms with Crippen LogP contribution in [0.5, 0.6) is 0 Å². The van der Waals surface area contributed by atoms with Crippen molar-refractivity contribution in [1.29, 1.82) is 0 Å². The van der Waals surface area contributed by atoms with Crippen molar-refractivity contribution in [2.45, 2.75) is 24.1 Å². The monoisotopic (exact) mass is 217 g/mol. The number of carboxylic acids is 1. The van der Waals surface area contributed by atoms with Crippen LogP contribution in [0.15, 0.2) is 9.72 Å². The number of hydrogen-bond donors (Lipinski definition) is 1. The first-order chi connectivity index (χ1) is 6.22. The van der Waals surface area contributed by atoms with Gasteiger partial charge in [-0.2, -0.15) is 0 Å². The van der Waals surface area contributed by atoms with Crippen molar-refractivity contribution in [2.75, 3.05) is 5.75 Å². The molecule has 3 nitrogen and oxygen atoms in total. The van der Waals surface area contributed by atoms with Gasteiger partial charge < -0.3 is 5.11 Å². The van der Waals surface area contributed by atoms with E-state index in [-0.39, 0.29) is 6.42 Å². The molecule has 0 aliphatic rings. The summed E-state index contributed by atoms with van der Waals surface area (Å²) < 4.78 is 0.970. The molecule has 5 heteroatoms. The molecule has 0 spiro atoms. The van der Waals surface area contributed by atoms with Gasteiger partial charge in [0.25, 0.3) is 0 Å². The fraction of sp³-hybridized carbons (Fsp3) is 0.500. The smallest absolute Gasteiger partial charge is 0.309 e. The minimum atomic E-state index is -0.822. The molecule has 0 radical (unpaired) electrons. The van der Waals surface area contributed by atoms with E-state index in [1.54, 1.807) is 11.8 Å². The Morgan fingerprint density at radius 1 is 1.77 bits per heavy atom. The zero-order valence-corrected chi connectivity index (χ0v) is 8.95. The molecule has 0 saturated heterocycles. The first-order valence-corrected chi connectivity index (χ1v) is 5.88. The van der Waals surface area contributed by atoms with Crippen LogP contribution in [0.4, 0.5) is 0 Å². The summed E-state index contributed by atoms with van der Waals surface area (Å²) in [4.78, 5) is 14.5. The number of carbonyl (C=O) groups is 1. The van der Waals surface area contributed by atoms with E-state index in [4.69, 9.17) is 5.11 Å². The standard InChI is InChI=1S/C8H11NO2S2/c1-2-3-12-8-9-6(5-13-8)4-7(10)11/h5H,2-4H2,1H3,(H,10,11). The van der Waals surface area contributed by atoms with Crippen LogP contribution in [0, 0.1) is 0 Å². The molecule has 1 rings (SSSR count). The SMILES string of the molecule is CCCSc1nc(CC(=O)O)cs1. The number of rotatable bonds is 5. The third-order valence-corrected chi connectivity index (χ3v) is 3.57. The average Bonchev–Trinajstić information content (AvgIpc) is 2.48. The molecule has 0 bridgehead atoms. The van der Waals surface area contributed by atoms with Gasteiger partial charge in [-0.05, 0) is 6.42 Å². The number of nitrogens with zero attached hydrogens (tertiary/aromatic N) is 1. The third-order valence-electron chi connectivity index (χ3n) is 1.29. The third kappa shape index (κ3) is 3.78. The van der Waals surface area contributed by atoms with Crippen LogP contribution >= 0.6 is 23.1 Å². The summed E-state index contributed by atoms with van der Waals surface area (Å²) in [6.45, 7) is 2.11. The molecular weight excluding hydrogens is 206 g/mol. The molecule has 13 heavy (non-hydrogen) atoms. The maximum Gasteiger partial charge on any atom is 0.309 e. The van der Waals surface area contributed by atoms with Crippen molar-refractivity contribution in [1.82, 2.24) is 4.98 Å². The molecule has 0 amide bonds. The second kappa shape index (κ2) is 5.24. The minimum Gasteiger partial charge on any atom is -0.481 e. The highest BCUT2D eigenvalue weighted by molar-refractivity contribution is 8.00. The zero-order valence-electron chi connectivity index (χ0n) is 7.32. The number of hydrogen-bond acceptors (Lipinski definition) is 4. The molecule has 1 aromatic rings. The summed E-state index contributed by atoms with van der Waals surface area (Å²) in [5.74, 6) is 0.220. The average molecular weight is 217 g/mol. The van der Waals surface area contributed by atoms with Crippen molar-refractivity contribution < 1.29 is 9.90 Å². The van der Waals surface area contributed by atoms with E-state index in [0.29, 0.717) is 5.69 Å². The lowest BCUT2D eigenvalue weighted by Gasteiger charge is -1.91. The van der Waals surface area contributed by atoms with E-state index in [1.807, 2.05) is 5.38 Å². The van der Waals surface area contributed by atoms with Gasteiger partial charge in [0, 0.05) is 11.1 Å². The maximum absolute atomic E-state index is 10.3. The van der Waals surface area contributed by atoms with Crippen LogP contribution in [0.3, 0.4) is 0 Å². The summed E-state index contributed by atoms with van der Waals surface area (Å²) in [5, 5.41) is 10.3. The number of aromatic nitrogens is 1. The van der Waals surface area contributed by atoms with Gasteiger partial charge in [0.2, 0.25) is 0 Å². The van der Waals surface area contributed by atoms with Crippen molar-refractivity contribution in [3.63, 3.8) is 0 Å². The minimum absolute atomic E-state index is 0.0309. The topological polar surface area (TPSA) is 50.2 Å². The largest absolute Gasteiger partial charge is 0.481 e. The van der Waals surface area contributed by atoms with Gasteiger partial charge in [-0.15, -0.1) is 11.3 Å². The van der Waals surface area contributed by atoms with E-state index >= 15 is 0 Å². The molecule has 1 aromatic heterocycles. The molecule has 1 heterocycles. The molecule has 0 unspecified atom stereocenters. The van der Waals surface area contributed by atoms with E-state index in [2.05, 4.69) is 11.9 Å². The number of carboxylic acid groups (broad SMARTS) is 1. The fourth-order valence-electron chi connectivity index (χ4n) is 0.780. The van der Waals surface area contributed by atoms with Gasteiger partial charge in [0.1, 0.15) is 4.34 Å². The molecule has 0 aliphatic heterocycles. The van der Waals surface area contributed by atoms with E-state index in [1.165, 1.54) is 11.3 Å². The summed E-state index contributed by atoms with van der Waals surface area (Å²) in [6.07, 6.45) is 1.14. The van der Waals surface area contributed by atoms with Gasteiger partial charge in [-0.25, -0.2) is 4.98 Å². The summed E-state index contributed by atoms with van der Waals surface area (Å²) in [6, 6.07) is 0. The molecule has 1 N–H and O–H groups in total. The Labute approximate surface area is 85.2 Å². The molecular formula is C8H11NO2S2. The number of aliphatic carboxylic acids is 1. The number of thiazole rings is 1. The van der Waals surface area contributed by atoms with Gasteiger partial charge in [0.15, 0.2) is 0 Å². The van der Waals surface area contributed by atoms with Crippen LogP contribution < -0.4 is 0 Å². The van der Waals surface area contributed by atoms with Crippen LogP contribution in [0.2, 0.25) is 0 Å². The highest BCUT2D eigenvalue weighted by Gasteiger charge is 2.05.